The third-order valence-electron chi connectivity index (χ3n) is 3.43. The van der Waals surface area contributed by atoms with Gasteiger partial charge in [-0.15, -0.1) is 0 Å². The number of aliphatic carboxylic acids is 2. The second kappa shape index (κ2) is 12.9. The number of aliphatic hydroxyl groups excluding tert-OH is 2. The summed E-state index contributed by atoms with van der Waals surface area (Å²) < 4.78 is 0. The van der Waals surface area contributed by atoms with Gasteiger partial charge in [-0.1, -0.05) is 0 Å². The molecule has 0 spiro atoms. The molecule has 0 saturated heterocycles. The zero-order valence-corrected chi connectivity index (χ0v) is 15.6. The standard InChI is InChI=1S/C14H24N4O9S/c15-6(3-19)11(23)16-7(1-2-10(21)22)12(24)17-8(4-20)13(25)18-9(5-28)14(26)27/h6-9,19-20,28H,1-5,15H2,(H,16,23)(H,17,24)(H,18,25)(H,21,22)(H,26,27). The molecule has 160 valence electrons. The molecule has 0 heterocycles. The molecule has 0 fully saturated rings. The first kappa shape index (κ1) is 25.6. The Bertz CT molecular complexity index is 589. The second-order valence-electron chi connectivity index (χ2n) is 5.61. The van der Waals surface area contributed by atoms with Crippen LogP contribution in [0.1, 0.15) is 12.8 Å². The first-order chi connectivity index (χ1) is 13.1. The molecule has 0 aromatic heterocycles. The lowest BCUT2D eigenvalue weighted by molar-refractivity contribution is -0.142. The molecule has 14 heteroatoms. The van der Waals surface area contributed by atoms with Crippen molar-refractivity contribution >= 4 is 42.3 Å². The van der Waals surface area contributed by atoms with E-state index < -0.39 is 73.5 Å². The van der Waals surface area contributed by atoms with Crippen LogP contribution in [0.15, 0.2) is 0 Å². The highest BCUT2D eigenvalue weighted by atomic mass is 32.1. The van der Waals surface area contributed by atoms with Crippen LogP contribution in [0, 0.1) is 0 Å². The third kappa shape index (κ3) is 8.98. The van der Waals surface area contributed by atoms with Crippen LogP contribution in [-0.4, -0.2) is 93.2 Å². The molecule has 0 rings (SSSR count). The van der Waals surface area contributed by atoms with E-state index in [2.05, 4.69) is 28.6 Å². The van der Waals surface area contributed by atoms with Crippen LogP contribution in [0.25, 0.3) is 0 Å². The minimum Gasteiger partial charge on any atom is -0.481 e. The molecule has 4 unspecified atom stereocenters. The summed E-state index contributed by atoms with van der Waals surface area (Å²) in [7, 11) is 0. The zero-order valence-electron chi connectivity index (χ0n) is 14.7. The Hall–Kier alpha value is -2.42. The van der Waals surface area contributed by atoms with Crippen molar-refractivity contribution in [1.29, 1.82) is 0 Å². The molecular formula is C14H24N4O9S. The van der Waals surface area contributed by atoms with Gasteiger partial charge in [0.2, 0.25) is 17.7 Å². The molecule has 0 aliphatic rings. The van der Waals surface area contributed by atoms with Gasteiger partial charge < -0.3 is 42.1 Å². The number of thiol groups is 1. The molecule has 0 saturated carbocycles. The Kier molecular flexibility index (Phi) is 11.8. The van der Waals surface area contributed by atoms with E-state index in [0.717, 1.165) is 0 Å². The van der Waals surface area contributed by atoms with Crippen molar-refractivity contribution in [1.82, 2.24) is 16.0 Å². The molecule has 0 aliphatic heterocycles. The number of carboxylic acids is 2. The average molecular weight is 424 g/mol. The lowest BCUT2D eigenvalue weighted by Crippen LogP contribution is -2.58. The van der Waals surface area contributed by atoms with Gasteiger partial charge in [0.05, 0.1) is 13.2 Å². The van der Waals surface area contributed by atoms with E-state index >= 15 is 0 Å². The van der Waals surface area contributed by atoms with E-state index in [1.165, 1.54) is 0 Å². The highest BCUT2D eigenvalue weighted by molar-refractivity contribution is 7.80. The van der Waals surface area contributed by atoms with Crippen LogP contribution >= 0.6 is 12.6 Å². The smallest absolute Gasteiger partial charge is 0.327 e. The summed E-state index contributed by atoms with van der Waals surface area (Å²) in [6, 6.07) is -5.72. The number of carbonyl (C=O) groups excluding carboxylic acids is 3. The van der Waals surface area contributed by atoms with Crippen molar-refractivity contribution in [2.45, 2.75) is 37.0 Å². The highest BCUT2D eigenvalue weighted by Gasteiger charge is 2.29. The monoisotopic (exact) mass is 424 g/mol. The topological polar surface area (TPSA) is 228 Å². The van der Waals surface area contributed by atoms with E-state index in [1.54, 1.807) is 0 Å². The first-order valence-corrected chi connectivity index (χ1v) is 8.64. The van der Waals surface area contributed by atoms with E-state index in [4.69, 9.17) is 21.1 Å². The fraction of sp³-hybridized carbons (Fsp3) is 0.643. The van der Waals surface area contributed by atoms with Crippen molar-refractivity contribution in [3.05, 3.63) is 0 Å². The number of carbonyl (C=O) groups is 5. The van der Waals surface area contributed by atoms with Gasteiger partial charge >= 0.3 is 11.9 Å². The maximum Gasteiger partial charge on any atom is 0.327 e. The Labute approximate surface area is 165 Å². The molecule has 3 amide bonds. The van der Waals surface area contributed by atoms with Gasteiger partial charge in [0.15, 0.2) is 0 Å². The Morgan fingerprint density at radius 2 is 1.32 bits per heavy atom. The molecule has 0 radical (unpaired) electrons. The molecule has 13 nitrogen and oxygen atoms in total. The third-order valence-corrected chi connectivity index (χ3v) is 3.79. The number of hydrogen-bond acceptors (Lipinski definition) is 9. The summed E-state index contributed by atoms with van der Waals surface area (Å²) in [5.41, 5.74) is 5.32. The largest absolute Gasteiger partial charge is 0.481 e. The Morgan fingerprint density at radius 1 is 0.821 bits per heavy atom. The summed E-state index contributed by atoms with van der Waals surface area (Å²) in [4.78, 5) is 57.8. The average Bonchev–Trinajstić information content (AvgIpc) is 2.65. The van der Waals surface area contributed by atoms with Crippen LogP contribution < -0.4 is 21.7 Å². The second-order valence-corrected chi connectivity index (χ2v) is 5.97. The molecule has 0 bridgehead atoms. The van der Waals surface area contributed by atoms with Crippen molar-refractivity contribution in [2.24, 2.45) is 5.73 Å². The van der Waals surface area contributed by atoms with E-state index in [9.17, 15) is 29.1 Å². The summed E-state index contributed by atoms with van der Waals surface area (Å²) in [5.74, 6) is -5.84. The lowest BCUT2D eigenvalue weighted by Gasteiger charge is -2.23. The van der Waals surface area contributed by atoms with Crippen molar-refractivity contribution in [3.63, 3.8) is 0 Å². The van der Waals surface area contributed by atoms with Gasteiger partial charge in [-0.3, -0.25) is 19.2 Å². The number of amides is 3. The molecule has 0 aromatic carbocycles. The van der Waals surface area contributed by atoms with Crippen LogP contribution in [0.3, 0.4) is 0 Å². The van der Waals surface area contributed by atoms with Gasteiger partial charge in [-0.05, 0) is 6.42 Å². The van der Waals surface area contributed by atoms with Crippen LogP contribution in [0.2, 0.25) is 0 Å². The van der Waals surface area contributed by atoms with Gasteiger partial charge in [-0.25, -0.2) is 4.79 Å². The molecular weight excluding hydrogens is 400 g/mol. The predicted molar refractivity (Wildman–Crippen MR) is 96.3 cm³/mol. The first-order valence-electron chi connectivity index (χ1n) is 8.01. The molecule has 9 N–H and O–H groups in total. The van der Waals surface area contributed by atoms with E-state index in [0.29, 0.717) is 0 Å². The van der Waals surface area contributed by atoms with Crippen LogP contribution in [0.4, 0.5) is 0 Å². The fourth-order valence-electron chi connectivity index (χ4n) is 1.82. The number of nitrogens with two attached hydrogens (primary N) is 1. The Balaban J connectivity index is 5.16. The maximum atomic E-state index is 12.3. The minimum absolute atomic E-state index is 0.247. The number of nitrogens with one attached hydrogen (secondary N) is 3. The SMILES string of the molecule is NC(CO)C(=O)NC(CCC(=O)O)C(=O)NC(CO)C(=O)NC(CS)C(=O)O. The summed E-state index contributed by atoms with van der Waals surface area (Å²) in [6.45, 7) is -1.62. The van der Waals surface area contributed by atoms with Crippen molar-refractivity contribution < 1.29 is 44.4 Å². The quantitative estimate of drug-likeness (QED) is 0.129. The molecule has 0 aliphatic carbocycles. The van der Waals surface area contributed by atoms with Gasteiger partial charge in [-0.2, -0.15) is 12.6 Å². The molecule has 0 aromatic rings. The van der Waals surface area contributed by atoms with Crippen LogP contribution in [0.5, 0.6) is 0 Å². The van der Waals surface area contributed by atoms with Crippen LogP contribution in [-0.2, 0) is 24.0 Å². The predicted octanol–water partition coefficient (Wildman–Crippen LogP) is -4.37. The zero-order chi connectivity index (χ0) is 21.9. The molecule has 4 atom stereocenters. The van der Waals surface area contributed by atoms with Crippen molar-refractivity contribution in [2.75, 3.05) is 19.0 Å². The van der Waals surface area contributed by atoms with Gasteiger partial charge in [0, 0.05) is 12.2 Å². The number of hydrogen-bond donors (Lipinski definition) is 9. The van der Waals surface area contributed by atoms with E-state index in [1.807, 2.05) is 0 Å². The summed E-state index contributed by atoms with van der Waals surface area (Å²) >= 11 is 3.76. The summed E-state index contributed by atoms with van der Waals surface area (Å²) in [5, 5.41) is 42.1. The minimum atomic E-state index is -1.56. The Morgan fingerprint density at radius 3 is 1.75 bits per heavy atom. The highest BCUT2D eigenvalue weighted by Crippen LogP contribution is 2.01. The number of rotatable bonds is 13. The molecule has 28 heavy (non-hydrogen) atoms. The van der Waals surface area contributed by atoms with Gasteiger partial charge in [0.1, 0.15) is 24.2 Å². The maximum absolute atomic E-state index is 12.3. The van der Waals surface area contributed by atoms with Crippen molar-refractivity contribution in [3.8, 4) is 0 Å². The van der Waals surface area contributed by atoms with E-state index in [-0.39, 0.29) is 12.2 Å². The number of aliphatic hydroxyl groups is 2. The van der Waals surface area contributed by atoms with Gasteiger partial charge in [0.25, 0.3) is 0 Å². The number of carboxylic acid groups (broad SMARTS) is 2. The summed E-state index contributed by atoms with van der Waals surface area (Å²) in [6.07, 6.45) is -0.872. The fourth-order valence-corrected chi connectivity index (χ4v) is 2.07. The normalized spacial score (nSPS) is 14.9. The lowest BCUT2D eigenvalue weighted by atomic mass is 10.1.